The number of hydrogen-bond acceptors (Lipinski definition) is 5. The molecular weight excluding hydrogens is 387 g/mol. The van der Waals surface area contributed by atoms with Crippen LogP contribution in [-0.4, -0.2) is 28.0 Å². The number of carbonyl (C=O) groups excluding carboxylic acids is 1. The van der Waals surface area contributed by atoms with Crippen molar-refractivity contribution < 1.29 is 9.18 Å². The molecule has 0 atom stereocenters. The molecule has 0 aliphatic rings. The molecule has 1 heterocycles. The van der Waals surface area contributed by atoms with Gasteiger partial charge in [0.2, 0.25) is 0 Å². The summed E-state index contributed by atoms with van der Waals surface area (Å²) >= 11 is 0. The first-order chi connectivity index (χ1) is 14.3. The summed E-state index contributed by atoms with van der Waals surface area (Å²) in [7, 11) is 1.31. The van der Waals surface area contributed by atoms with Crippen molar-refractivity contribution in [1.82, 2.24) is 9.13 Å². The van der Waals surface area contributed by atoms with Crippen molar-refractivity contribution >= 4 is 17.3 Å². The van der Waals surface area contributed by atoms with E-state index in [1.165, 1.54) is 23.7 Å². The van der Waals surface area contributed by atoms with Gasteiger partial charge in [-0.05, 0) is 30.7 Å². The fourth-order valence-electron chi connectivity index (χ4n) is 3.28. The van der Waals surface area contributed by atoms with Crippen molar-refractivity contribution in [3.63, 3.8) is 0 Å². The van der Waals surface area contributed by atoms with E-state index >= 15 is 0 Å². The van der Waals surface area contributed by atoms with Gasteiger partial charge in [0.05, 0.1) is 13.1 Å². The number of benzene rings is 2. The Hall–Kier alpha value is -3.68. The molecule has 30 heavy (non-hydrogen) atoms. The standard InChI is InChI=1S/C22H23FN4O3/c1-3-26(17-11-7-10-16(23)12-17)14-18(28)19-20(24)27(22(30)25(2)21(19)29)13-15-8-5-4-6-9-15/h4-12H,3,13-14,24H2,1-2H3. The number of carbonyl (C=O) groups is 1. The first-order valence-corrected chi connectivity index (χ1v) is 9.50. The zero-order valence-electron chi connectivity index (χ0n) is 16.8. The molecule has 0 fully saturated rings. The second-order valence-electron chi connectivity index (χ2n) is 6.90. The van der Waals surface area contributed by atoms with E-state index in [4.69, 9.17) is 5.73 Å². The zero-order valence-corrected chi connectivity index (χ0v) is 16.8. The number of rotatable bonds is 7. The van der Waals surface area contributed by atoms with E-state index in [1.54, 1.807) is 17.0 Å². The molecule has 3 rings (SSSR count). The first kappa shape index (κ1) is 21.0. The van der Waals surface area contributed by atoms with Crippen LogP contribution in [0.15, 0.2) is 64.2 Å². The Labute approximate surface area is 172 Å². The van der Waals surface area contributed by atoms with Gasteiger partial charge in [-0.3, -0.25) is 18.7 Å². The third-order valence-electron chi connectivity index (χ3n) is 4.94. The lowest BCUT2D eigenvalue weighted by Crippen LogP contribution is -2.44. The van der Waals surface area contributed by atoms with Crippen molar-refractivity contribution in [3.8, 4) is 0 Å². The second-order valence-corrected chi connectivity index (χ2v) is 6.90. The van der Waals surface area contributed by atoms with Gasteiger partial charge in [-0.15, -0.1) is 0 Å². The number of aromatic nitrogens is 2. The van der Waals surface area contributed by atoms with Crippen molar-refractivity contribution in [3.05, 3.63) is 92.4 Å². The third-order valence-corrected chi connectivity index (χ3v) is 4.94. The monoisotopic (exact) mass is 410 g/mol. The molecule has 0 bridgehead atoms. The van der Waals surface area contributed by atoms with E-state index in [1.807, 2.05) is 37.3 Å². The molecule has 0 aliphatic heterocycles. The second kappa shape index (κ2) is 8.77. The van der Waals surface area contributed by atoms with Crippen LogP contribution >= 0.6 is 0 Å². The van der Waals surface area contributed by atoms with Gasteiger partial charge >= 0.3 is 5.69 Å². The molecule has 2 N–H and O–H groups in total. The van der Waals surface area contributed by atoms with E-state index in [0.29, 0.717) is 12.2 Å². The molecule has 0 spiro atoms. The van der Waals surface area contributed by atoms with Crippen LogP contribution in [0.3, 0.4) is 0 Å². The molecule has 8 heteroatoms. The average Bonchev–Trinajstić information content (AvgIpc) is 2.74. The number of hydrogen-bond donors (Lipinski definition) is 1. The Morgan fingerprint density at radius 2 is 1.80 bits per heavy atom. The smallest absolute Gasteiger partial charge is 0.332 e. The topological polar surface area (TPSA) is 90.3 Å². The van der Waals surface area contributed by atoms with Crippen LogP contribution in [0.1, 0.15) is 22.8 Å². The van der Waals surface area contributed by atoms with Crippen molar-refractivity contribution in [1.29, 1.82) is 0 Å². The molecule has 1 aromatic heterocycles. The number of nitrogens with two attached hydrogens (primary N) is 1. The minimum absolute atomic E-state index is 0.126. The van der Waals surface area contributed by atoms with Crippen molar-refractivity contribution in [2.75, 3.05) is 23.7 Å². The van der Waals surface area contributed by atoms with Gasteiger partial charge < -0.3 is 10.6 Å². The van der Waals surface area contributed by atoms with Crippen LogP contribution in [0.4, 0.5) is 15.9 Å². The number of Topliss-reactive ketones (excluding diaryl/α,β-unsaturated/α-hetero) is 1. The minimum Gasteiger partial charge on any atom is -0.384 e. The lowest BCUT2D eigenvalue weighted by atomic mass is 10.1. The molecular formula is C22H23FN4O3. The quantitative estimate of drug-likeness (QED) is 0.602. The summed E-state index contributed by atoms with van der Waals surface area (Å²) in [6.45, 7) is 2.18. The molecule has 0 saturated carbocycles. The van der Waals surface area contributed by atoms with Crippen LogP contribution in [-0.2, 0) is 13.6 Å². The minimum atomic E-state index is -0.748. The third kappa shape index (κ3) is 4.17. The molecule has 2 aromatic carbocycles. The summed E-state index contributed by atoms with van der Waals surface area (Å²) in [6, 6.07) is 15.0. The van der Waals surface area contributed by atoms with Crippen LogP contribution in [0, 0.1) is 5.82 Å². The molecule has 3 aromatic rings. The van der Waals surface area contributed by atoms with Gasteiger partial charge in [0.15, 0.2) is 5.78 Å². The first-order valence-electron chi connectivity index (χ1n) is 9.50. The van der Waals surface area contributed by atoms with Crippen LogP contribution in [0.5, 0.6) is 0 Å². The van der Waals surface area contributed by atoms with Gasteiger partial charge in [-0.2, -0.15) is 0 Å². The fraction of sp³-hybridized carbons (Fsp3) is 0.227. The normalized spacial score (nSPS) is 10.8. The summed E-state index contributed by atoms with van der Waals surface area (Å²) in [6.07, 6.45) is 0. The van der Waals surface area contributed by atoms with Gasteiger partial charge in [-0.25, -0.2) is 9.18 Å². The number of ketones is 1. The maximum Gasteiger partial charge on any atom is 0.332 e. The molecule has 0 aliphatic carbocycles. The molecule has 0 radical (unpaired) electrons. The fourth-order valence-corrected chi connectivity index (χ4v) is 3.28. The van der Waals surface area contributed by atoms with E-state index in [0.717, 1.165) is 10.1 Å². The number of likely N-dealkylation sites (N-methyl/N-ethyl adjacent to an activating group) is 1. The van der Waals surface area contributed by atoms with E-state index < -0.39 is 22.8 Å². The largest absolute Gasteiger partial charge is 0.384 e. The summed E-state index contributed by atoms with van der Waals surface area (Å²) in [5.41, 5.74) is 5.85. The maximum atomic E-state index is 13.6. The number of nitrogens with zero attached hydrogens (tertiary/aromatic N) is 3. The van der Waals surface area contributed by atoms with Crippen molar-refractivity contribution in [2.24, 2.45) is 7.05 Å². The van der Waals surface area contributed by atoms with Gasteiger partial charge in [0.25, 0.3) is 5.56 Å². The highest BCUT2D eigenvalue weighted by Gasteiger charge is 2.23. The van der Waals surface area contributed by atoms with Crippen molar-refractivity contribution in [2.45, 2.75) is 13.5 Å². The summed E-state index contributed by atoms with van der Waals surface area (Å²) in [5.74, 6) is -1.14. The maximum absolute atomic E-state index is 13.6. The van der Waals surface area contributed by atoms with Gasteiger partial charge in [-0.1, -0.05) is 36.4 Å². The molecule has 0 unspecified atom stereocenters. The Bertz CT molecular complexity index is 1190. The Balaban J connectivity index is 2.01. The molecule has 7 nitrogen and oxygen atoms in total. The Kier molecular flexibility index (Phi) is 6.15. The van der Waals surface area contributed by atoms with Crippen LogP contribution < -0.4 is 21.9 Å². The number of halogens is 1. The predicted molar refractivity (Wildman–Crippen MR) is 115 cm³/mol. The molecule has 156 valence electrons. The average molecular weight is 410 g/mol. The van der Waals surface area contributed by atoms with E-state index in [2.05, 4.69) is 0 Å². The predicted octanol–water partition coefficient (Wildman–Crippen LogP) is 2.03. The van der Waals surface area contributed by atoms with Gasteiger partial charge in [0.1, 0.15) is 17.2 Å². The lowest BCUT2D eigenvalue weighted by molar-refractivity contribution is 0.0997. The Morgan fingerprint density at radius 1 is 1.10 bits per heavy atom. The van der Waals surface area contributed by atoms with E-state index in [9.17, 15) is 18.8 Å². The number of anilines is 2. The lowest BCUT2D eigenvalue weighted by Gasteiger charge is -2.23. The molecule has 0 saturated heterocycles. The van der Waals surface area contributed by atoms with Crippen LogP contribution in [0.2, 0.25) is 0 Å². The highest BCUT2D eigenvalue weighted by atomic mass is 19.1. The SMILES string of the molecule is CCN(CC(=O)c1c(N)n(Cc2ccccc2)c(=O)n(C)c1=O)c1cccc(F)c1. The summed E-state index contributed by atoms with van der Waals surface area (Å²) in [5, 5.41) is 0. The van der Waals surface area contributed by atoms with Crippen LogP contribution in [0.25, 0.3) is 0 Å². The van der Waals surface area contributed by atoms with Gasteiger partial charge in [0, 0.05) is 19.3 Å². The Morgan fingerprint density at radius 3 is 2.43 bits per heavy atom. The highest BCUT2D eigenvalue weighted by Crippen LogP contribution is 2.17. The summed E-state index contributed by atoms with van der Waals surface area (Å²) < 4.78 is 15.7. The highest BCUT2D eigenvalue weighted by molar-refractivity contribution is 6.02. The number of nitrogen functional groups attached to an aromatic ring is 1. The zero-order chi connectivity index (χ0) is 21.8. The van der Waals surface area contributed by atoms with E-state index in [-0.39, 0.29) is 24.5 Å². The summed E-state index contributed by atoms with van der Waals surface area (Å²) in [4.78, 5) is 40.0. The molecule has 0 amide bonds.